The van der Waals surface area contributed by atoms with E-state index in [-0.39, 0.29) is 24.3 Å². The lowest BCUT2D eigenvalue weighted by molar-refractivity contribution is -0.149. The summed E-state index contributed by atoms with van der Waals surface area (Å²) in [5.74, 6) is -0.223. The Bertz CT molecular complexity index is 664. The van der Waals surface area contributed by atoms with Gasteiger partial charge >= 0.3 is 5.97 Å². The second kappa shape index (κ2) is 5.48. The van der Waals surface area contributed by atoms with E-state index in [1.807, 2.05) is 67.6 Å². The second-order valence-corrected chi connectivity index (χ2v) is 6.29. The minimum absolute atomic E-state index is 0.220. The van der Waals surface area contributed by atoms with E-state index in [1.54, 1.807) is 0 Å². The van der Waals surface area contributed by atoms with Crippen LogP contribution in [0.3, 0.4) is 0 Å². The van der Waals surface area contributed by atoms with E-state index in [9.17, 15) is 4.79 Å². The molecule has 2 aromatic rings. The Morgan fingerprint density at radius 1 is 1.09 bits per heavy atom. The molecule has 3 atom stereocenters. The Hall–Kier alpha value is -2.17. The fraction of sp³-hybridized carbons (Fsp3) is 0.316. The number of nitrogens with one attached hydrogen (secondary N) is 1. The Morgan fingerprint density at radius 3 is 2.09 bits per heavy atom. The number of morpholine rings is 1. The molecule has 4 nitrogen and oxygen atoms in total. The van der Waals surface area contributed by atoms with Crippen LogP contribution in [0.15, 0.2) is 60.7 Å². The zero-order valence-corrected chi connectivity index (χ0v) is 12.9. The predicted molar refractivity (Wildman–Crippen MR) is 85.9 cm³/mol. The fourth-order valence-electron chi connectivity index (χ4n) is 3.42. The van der Waals surface area contributed by atoms with Crippen molar-refractivity contribution in [1.29, 1.82) is 0 Å². The molecule has 2 aliphatic heterocycles. The SMILES string of the molecule is C[C@]12NC[C@H](OC1=O)[C@H]2OC(c1ccccc1)c1ccccc1. The maximum Gasteiger partial charge on any atom is 0.329 e. The minimum Gasteiger partial charge on any atom is -0.457 e. The summed E-state index contributed by atoms with van der Waals surface area (Å²) in [5.41, 5.74) is 1.38. The van der Waals surface area contributed by atoms with Crippen molar-refractivity contribution >= 4 is 5.97 Å². The molecule has 4 rings (SSSR count). The first-order chi connectivity index (χ1) is 11.2. The van der Waals surface area contributed by atoms with Gasteiger partial charge in [-0.2, -0.15) is 0 Å². The lowest BCUT2D eigenvalue weighted by atomic mass is 9.96. The Balaban J connectivity index is 1.69. The van der Waals surface area contributed by atoms with Gasteiger partial charge in [0.15, 0.2) is 0 Å². The first-order valence-electron chi connectivity index (χ1n) is 7.90. The smallest absolute Gasteiger partial charge is 0.329 e. The molecular formula is C19H19NO3. The van der Waals surface area contributed by atoms with Crippen LogP contribution < -0.4 is 5.32 Å². The summed E-state index contributed by atoms with van der Waals surface area (Å²) in [7, 11) is 0. The van der Waals surface area contributed by atoms with Gasteiger partial charge in [0, 0.05) is 6.54 Å². The van der Waals surface area contributed by atoms with E-state index >= 15 is 0 Å². The molecule has 1 N–H and O–H groups in total. The van der Waals surface area contributed by atoms with Crippen LogP contribution in [0.25, 0.3) is 0 Å². The van der Waals surface area contributed by atoms with E-state index in [0.717, 1.165) is 11.1 Å². The van der Waals surface area contributed by atoms with E-state index < -0.39 is 5.54 Å². The van der Waals surface area contributed by atoms with Crippen LogP contribution in [-0.2, 0) is 14.3 Å². The van der Waals surface area contributed by atoms with Crippen molar-refractivity contribution in [2.24, 2.45) is 0 Å². The first-order valence-corrected chi connectivity index (χ1v) is 7.90. The van der Waals surface area contributed by atoms with Crippen LogP contribution in [0.5, 0.6) is 0 Å². The lowest BCUT2D eigenvalue weighted by Gasteiger charge is -2.27. The van der Waals surface area contributed by atoms with E-state index in [4.69, 9.17) is 9.47 Å². The second-order valence-electron chi connectivity index (χ2n) is 6.29. The molecule has 0 spiro atoms. The molecule has 2 heterocycles. The average Bonchev–Trinajstić information content (AvgIpc) is 3.02. The summed E-state index contributed by atoms with van der Waals surface area (Å²) in [5, 5.41) is 3.24. The molecule has 2 saturated heterocycles. The number of carbonyl (C=O) groups excluding carboxylic acids is 1. The molecule has 0 aromatic heterocycles. The summed E-state index contributed by atoms with van der Waals surface area (Å²) in [4.78, 5) is 12.1. The molecule has 2 aromatic carbocycles. The van der Waals surface area contributed by atoms with Gasteiger partial charge in [-0.25, -0.2) is 4.79 Å². The van der Waals surface area contributed by atoms with Gasteiger partial charge in [0.05, 0.1) is 0 Å². The van der Waals surface area contributed by atoms with Crippen LogP contribution >= 0.6 is 0 Å². The average molecular weight is 309 g/mol. The van der Waals surface area contributed by atoms with Crippen molar-refractivity contribution in [1.82, 2.24) is 5.32 Å². The third-order valence-corrected chi connectivity index (χ3v) is 4.75. The lowest BCUT2D eigenvalue weighted by Crippen LogP contribution is -2.51. The quantitative estimate of drug-likeness (QED) is 0.881. The van der Waals surface area contributed by atoms with E-state index in [1.165, 1.54) is 0 Å². The summed E-state index contributed by atoms with van der Waals surface area (Å²) >= 11 is 0. The number of hydrogen-bond acceptors (Lipinski definition) is 4. The van der Waals surface area contributed by atoms with Crippen molar-refractivity contribution in [3.05, 3.63) is 71.8 Å². The van der Waals surface area contributed by atoms with Gasteiger partial charge in [-0.1, -0.05) is 60.7 Å². The Kier molecular flexibility index (Phi) is 3.43. The molecule has 0 radical (unpaired) electrons. The molecule has 2 fully saturated rings. The normalized spacial score (nSPS) is 29.0. The highest BCUT2D eigenvalue weighted by Crippen LogP contribution is 2.38. The Morgan fingerprint density at radius 2 is 1.65 bits per heavy atom. The maximum atomic E-state index is 12.1. The van der Waals surface area contributed by atoms with Gasteiger partial charge < -0.3 is 9.47 Å². The molecule has 0 aliphatic carbocycles. The topological polar surface area (TPSA) is 47.6 Å². The van der Waals surface area contributed by atoms with Gasteiger partial charge in [0.2, 0.25) is 0 Å². The number of rotatable bonds is 4. The van der Waals surface area contributed by atoms with Crippen molar-refractivity contribution in [3.63, 3.8) is 0 Å². The van der Waals surface area contributed by atoms with E-state index in [0.29, 0.717) is 6.54 Å². The van der Waals surface area contributed by atoms with Crippen LogP contribution in [-0.4, -0.2) is 30.3 Å². The zero-order valence-electron chi connectivity index (χ0n) is 12.9. The highest BCUT2D eigenvalue weighted by atomic mass is 16.6. The molecule has 2 aliphatic rings. The molecule has 23 heavy (non-hydrogen) atoms. The number of esters is 1. The summed E-state index contributed by atoms with van der Waals surface area (Å²) in [6.45, 7) is 2.50. The Labute approximate surface area is 135 Å². The number of fused-ring (bicyclic) bond motifs is 2. The largest absolute Gasteiger partial charge is 0.457 e. The highest BCUT2D eigenvalue weighted by Gasteiger charge is 2.60. The summed E-state index contributed by atoms with van der Waals surface area (Å²) in [6, 6.07) is 20.2. The van der Waals surface area contributed by atoms with Crippen molar-refractivity contribution in [3.8, 4) is 0 Å². The molecule has 4 heteroatoms. The summed E-state index contributed by atoms with van der Waals surface area (Å²) < 4.78 is 11.9. The van der Waals surface area contributed by atoms with Gasteiger partial charge in [-0.15, -0.1) is 0 Å². The number of benzene rings is 2. The molecular weight excluding hydrogens is 290 g/mol. The third kappa shape index (κ3) is 2.35. The van der Waals surface area contributed by atoms with E-state index in [2.05, 4.69) is 5.32 Å². The maximum absolute atomic E-state index is 12.1. The number of hydrogen-bond donors (Lipinski definition) is 1. The third-order valence-electron chi connectivity index (χ3n) is 4.75. The fourth-order valence-corrected chi connectivity index (χ4v) is 3.42. The molecule has 0 saturated carbocycles. The monoisotopic (exact) mass is 309 g/mol. The van der Waals surface area contributed by atoms with Gasteiger partial charge in [0.1, 0.15) is 23.9 Å². The van der Waals surface area contributed by atoms with Crippen LogP contribution in [0.1, 0.15) is 24.2 Å². The van der Waals surface area contributed by atoms with Gasteiger partial charge in [0.25, 0.3) is 0 Å². The first kappa shape index (κ1) is 14.4. The van der Waals surface area contributed by atoms with Crippen LogP contribution in [0, 0.1) is 0 Å². The molecule has 0 unspecified atom stereocenters. The summed E-state index contributed by atoms with van der Waals surface area (Å²) in [6.07, 6.45) is -0.735. The van der Waals surface area contributed by atoms with Crippen molar-refractivity contribution in [2.45, 2.75) is 30.8 Å². The minimum atomic E-state index is -0.757. The standard InChI is InChI=1S/C19H19NO3/c1-19-17(15(12-20-19)22-18(19)21)23-16(13-8-4-2-5-9-13)14-10-6-3-7-11-14/h2-11,15-17,20H,12H2,1H3/t15-,17+,19+/m0/s1. The van der Waals surface area contributed by atoms with Crippen LogP contribution in [0.2, 0.25) is 0 Å². The van der Waals surface area contributed by atoms with Gasteiger partial charge in [-0.05, 0) is 18.1 Å². The van der Waals surface area contributed by atoms with Crippen molar-refractivity contribution < 1.29 is 14.3 Å². The van der Waals surface area contributed by atoms with Gasteiger partial charge in [-0.3, -0.25) is 5.32 Å². The predicted octanol–water partition coefficient (Wildman–Crippen LogP) is 2.45. The molecule has 2 bridgehead atoms. The van der Waals surface area contributed by atoms with Crippen molar-refractivity contribution in [2.75, 3.05) is 6.54 Å². The zero-order chi connectivity index (χ0) is 15.9. The highest BCUT2D eigenvalue weighted by molar-refractivity contribution is 5.85. The van der Waals surface area contributed by atoms with Crippen LogP contribution in [0.4, 0.5) is 0 Å². The molecule has 118 valence electrons. The molecule has 0 amide bonds. The number of ether oxygens (including phenoxy) is 2. The number of carbonyl (C=O) groups is 1.